The van der Waals surface area contributed by atoms with Gasteiger partial charge in [0.05, 0.1) is 11.0 Å². The number of rotatable bonds is 5. The Kier molecular flexibility index (Phi) is 6.83. The van der Waals surface area contributed by atoms with Crippen LogP contribution in [0.3, 0.4) is 0 Å². The first-order chi connectivity index (χ1) is 28.2. The zero-order valence-electron chi connectivity index (χ0n) is 30.4. The van der Waals surface area contributed by atoms with E-state index in [4.69, 9.17) is 23.8 Å². The number of fused-ring (bicyclic) bond motifs is 10. The van der Waals surface area contributed by atoms with Crippen molar-refractivity contribution < 1.29 is 8.83 Å². The highest BCUT2D eigenvalue weighted by Gasteiger charge is 2.21. The van der Waals surface area contributed by atoms with Crippen LogP contribution in [-0.4, -0.2) is 19.5 Å². The summed E-state index contributed by atoms with van der Waals surface area (Å²) in [6, 6.07) is 62.7. The highest BCUT2D eigenvalue weighted by atomic mass is 16.3. The van der Waals surface area contributed by atoms with Crippen molar-refractivity contribution in [3.05, 3.63) is 182 Å². The van der Waals surface area contributed by atoms with Gasteiger partial charge in [-0.25, -0.2) is 15.0 Å². The van der Waals surface area contributed by atoms with E-state index < -0.39 is 0 Å². The second kappa shape index (κ2) is 12.3. The maximum Gasteiger partial charge on any atom is 0.164 e. The minimum absolute atomic E-state index is 0.564. The average Bonchev–Trinajstić information content (AvgIpc) is 3.96. The second-order valence-corrected chi connectivity index (χ2v) is 14.4. The number of hydrogen-bond donors (Lipinski definition) is 0. The molecule has 0 fully saturated rings. The molecule has 8 aromatic carbocycles. The standard InChI is InChI=1S/C51H30N4O2/c1-3-12-31(13-4-1)32-14-11-15-33(28-32)49-52-50(54-51(53-49)35-22-24-39-38-19-8-10-21-44(38)56-46(39)30-35)34-23-27-45-42(29-34)41-26-25-40-37-18-7-9-20-43(37)55(47(40)48(41)57-45)36-16-5-2-6-17-36/h1-30H. The van der Waals surface area contributed by atoms with Gasteiger partial charge in [0.15, 0.2) is 23.1 Å². The van der Waals surface area contributed by atoms with Crippen LogP contribution >= 0.6 is 0 Å². The Balaban J connectivity index is 1.06. The van der Waals surface area contributed by atoms with Crippen molar-refractivity contribution in [2.45, 2.75) is 0 Å². The molecule has 0 spiro atoms. The highest BCUT2D eigenvalue weighted by molar-refractivity contribution is 6.21. The van der Waals surface area contributed by atoms with Crippen molar-refractivity contribution in [3.63, 3.8) is 0 Å². The van der Waals surface area contributed by atoms with E-state index >= 15 is 0 Å². The Bertz CT molecular complexity index is 3530. The van der Waals surface area contributed by atoms with Gasteiger partial charge < -0.3 is 13.4 Å². The van der Waals surface area contributed by atoms with Gasteiger partial charge in [-0.15, -0.1) is 0 Å². The Morgan fingerprint density at radius 2 is 0.912 bits per heavy atom. The summed E-state index contributed by atoms with van der Waals surface area (Å²) in [6.45, 7) is 0. The molecular formula is C51H30N4O2. The van der Waals surface area contributed by atoms with Crippen LogP contribution in [0.25, 0.3) is 117 Å². The summed E-state index contributed by atoms with van der Waals surface area (Å²) in [5.74, 6) is 1.72. The van der Waals surface area contributed by atoms with Crippen LogP contribution in [0.1, 0.15) is 0 Å². The van der Waals surface area contributed by atoms with E-state index in [0.29, 0.717) is 17.5 Å². The van der Waals surface area contributed by atoms with E-state index in [1.807, 2.05) is 48.5 Å². The van der Waals surface area contributed by atoms with E-state index in [9.17, 15) is 0 Å². The zero-order chi connectivity index (χ0) is 37.5. The molecule has 0 atom stereocenters. The lowest BCUT2D eigenvalue weighted by Crippen LogP contribution is -2.00. The second-order valence-electron chi connectivity index (χ2n) is 14.4. The summed E-state index contributed by atoms with van der Waals surface area (Å²) in [5, 5.41) is 6.48. The summed E-state index contributed by atoms with van der Waals surface area (Å²) >= 11 is 0. The molecule has 0 saturated carbocycles. The van der Waals surface area contributed by atoms with Crippen molar-refractivity contribution in [3.8, 4) is 51.0 Å². The molecule has 6 heteroatoms. The molecule has 4 aromatic heterocycles. The van der Waals surface area contributed by atoms with E-state index in [0.717, 1.165) is 93.8 Å². The van der Waals surface area contributed by atoms with Crippen LogP contribution in [-0.2, 0) is 0 Å². The van der Waals surface area contributed by atoms with Gasteiger partial charge in [0.1, 0.15) is 16.7 Å². The first-order valence-electron chi connectivity index (χ1n) is 19.0. The number of furan rings is 2. The normalized spacial score (nSPS) is 11.9. The van der Waals surface area contributed by atoms with Gasteiger partial charge in [-0.2, -0.15) is 0 Å². The Morgan fingerprint density at radius 1 is 0.333 bits per heavy atom. The average molecular weight is 731 g/mol. The molecule has 0 radical (unpaired) electrons. The number of benzene rings is 8. The van der Waals surface area contributed by atoms with Crippen molar-refractivity contribution >= 4 is 65.7 Å². The summed E-state index contributed by atoms with van der Waals surface area (Å²) in [5.41, 5.74) is 11.4. The fourth-order valence-corrected chi connectivity index (χ4v) is 8.36. The first kappa shape index (κ1) is 31.5. The largest absolute Gasteiger partial charge is 0.456 e. The quantitative estimate of drug-likeness (QED) is 0.176. The maximum absolute atomic E-state index is 6.77. The van der Waals surface area contributed by atoms with Crippen LogP contribution in [0, 0.1) is 0 Å². The van der Waals surface area contributed by atoms with Crippen molar-refractivity contribution in [2.75, 3.05) is 0 Å². The molecule has 0 bridgehead atoms. The molecule has 0 amide bonds. The fraction of sp³-hybridized carbons (Fsp3) is 0. The minimum Gasteiger partial charge on any atom is -0.456 e. The number of nitrogens with zero attached hydrogens (tertiary/aromatic N) is 4. The lowest BCUT2D eigenvalue weighted by Gasteiger charge is -2.10. The van der Waals surface area contributed by atoms with Crippen molar-refractivity contribution in [1.29, 1.82) is 0 Å². The number of aromatic nitrogens is 4. The molecule has 0 aliphatic carbocycles. The van der Waals surface area contributed by atoms with Crippen LogP contribution in [0.2, 0.25) is 0 Å². The van der Waals surface area contributed by atoms with Crippen LogP contribution in [0.4, 0.5) is 0 Å². The minimum atomic E-state index is 0.564. The predicted molar refractivity (Wildman–Crippen MR) is 230 cm³/mol. The SMILES string of the molecule is c1ccc(-c2cccc(-c3nc(-c4ccc5c(c4)oc4ccccc45)nc(-c4ccc5oc6c(ccc7c8ccccc8n(-c8ccccc8)c76)c5c4)n3)c2)cc1. The molecule has 266 valence electrons. The molecule has 12 rings (SSSR count). The molecule has 0 saturated heterocycles. The maximum atomic E-state index is 6.77. The lowest BCUT2D eigenvalue weighted by atomic mass is 10.0. The summed E-state index contributed by atoms with van der Waals surface area (Å²) in [6.07, 6.45) is 0. The lowest BCUT2D eigenvalue weighted by molar-refractivity contribution is 0.669. The van der Waals surface area contributed by atoms with E-state index in [1.165, 1.54) is 5.39 Å². The smallest absolute Gasteiger partial charge is 0.164 e. The topological polar surface area (TPSA) is 69.9 Å². The van der Waals surface area contributed by atoms with Gasteiger partial charge >= 0.3 is 0 Å². The summed E-state index contributed by atoms with van der Waals surface area (Å²) < 4.78 is 15.4. The first-order valence-corrected chi connectivity index (χ1v) is 19.0. The zero-order valence-corrected chi connectivity index (χ0v) is 30.4. The van der Waals surface area contributed by atoms with E-state index in [1.54, 1.807) is 0 Å². The van der Waals surface area contributed by atoms with Crippen LogP contribution < -0.4 is 0 Å². The summed E-state index contributed by atoms with van der Waals surface area (Å²) in [4.78, 5) is 15.4. The van der Waals surface area contributed by atoms with Crippen LogP contribution in [0.5, 0.6) is 0 Å². The van der Waals surface area contributed by atoms with Crippen LogP contribution in [0.15, 0.2) is 191 Å². The van der Waals surface area contributed by atoms with Crippen molar-refractivity contribution in [2.24, 2.45) is 0 Å². The third kappa shape index (κ3) is 5.01. The molecule has 12 aromatic rings. The molecule has 0 N–H and O–H groups in total. The van der Waals surface area contributed by atoms with Gasteiger partial charge in [-0.05, 0) is 77.9 Å². The monoisotopic (exact) mass is 730 g/mol. The fourth-order valence-electron chi connectivity index (χ4n) is 8.36. The van der Waals surface area contributed by atoms with E-state index in [-0.39, 0.29) is 0 Å². The molecule has 57 heavy (non-hydrogen) atoms. The predicted octanol–water partition coefficient (Wildman–Crippen LogP) is 13.4. The third-order valence-corrected chi connectivity index (χ3v) is 11.0. The Labute approximate surface area is 325 Å². The molecule has 4 heterocycles. The Hall–Kier alpha value is -7.83. The molecule has 0 unspecified atom stereocenters. The molecule has 0 aliphatic rings. The van der Waals surface area contributed by atoms with Gasteiger partial charge in [0.2, 0.25) is 0 Å². The van der Waals surface area contributed by atoms with Gasteiger partial charge in [-0.1, -0.05) is 115 Å². The number of para-hydroxylation sites is 3. The van der Waals surface area contributed by atoms with Gasteiger partial charge in [0, 0.05) is 54.7 Å². The van der Waals surface area contributed by atoms with Gasteiger partial charge in [-0.3, -0.25) is 0 Å². The van der Waals surface area contributed by atoms with E-state index in [2.05, 4.69) is 138 Å². The summed E-state index contributed by atoms with van der Waals surface area (Å²) in [7, 11) is 0. The molecule has 0 aliphatic heterocycles. The number of hydrogen-bond acceptors (Lipinski definition) is 5. The van der Waals surface area contributed by atoms with Gasteiger partial charge in [0.25, 0.3) is 0 Å². The highest BCUT2D eigenvalue weighted by Crippen LogP contribution is 2.41. The Morgan fingerprint density at radius 3 is 1.74 bits per heavy atom. The molecule has 6 nitrogen and oxygen atoms in total. The van der Waals surface area contributed by atoms with Crippen molar-refractivity contribution in [1.82, 2.24) is 19.5 Å². The molecular weight excluding hydrogens is 701 g/mol. The third-order valence-electron chi connectivity index (χ3n) is 11.0.